The first-order valence-electron chi connectivity index (χ1n) is 7.80. The third-order valence-corrected chi connectivity index (χ3v) is 4.77. The van der Waals surface area contributed by atoms with Crippen molar-refractivity contribution in [3.63, 3.8) is 0 Å². The van der Waals surface area contributed by atoms with Crippen LogP contribution in [0.5, 0.6) is 0 Å². The lowest BCUT2D eigenvalue weighted by atomic mass is 10.1. The average molecular weight is 353 g/mol. The zero-order valence-electron chi connectivity index (χ0n) is 13.2. The molecular weight excluding hydrogens is 339 g/mol. The molecule has 4 rings (SSSR count). The van der Waals surface area contributed by atoms with E-state index in [2.05, 4.69) is 0 Å². The predicted octanol–water partition coefficient (Wildman–Crippen LogP) is 4.73. The first-order chi connectivity index (χ1) is 12.1. The summed E-state index contributed by atoms with van der Waals surface area (Å²) in [5.74, 6) is -0.893. The van der Waals surface area contributed by atoms with Gasteiger partial charge in [-0.3, -0.25) is 4.79 Å². The van der Waals surface area contributed by atoms with E-state index in [1.165, 1.54) is 12.1 Å². The van der Waals surface area contributed by atoms with E-state index >= 15 is 0 Å². The Hall–Kier alpha value is -2.85. The van der Waals surface area contributed by atoms with Gasteiger partial charge in [0.05, 0.1) is 5.52 Å². The highest BCUT2D eigenvalue weighted by molar-refractivity contribution is 6.31. The van der Waals surface area contributed by atoms with Gasteiger partial charge in [-0.2, -0.15) is 0 Å². The maximum atomic E-state index is 13.9. The number of aromatic nitrogens is 1. The van der Waals surface area contributed by atoms with E-state index in [0.717, 1.165) is 16.6 Å². The number of hydrogen-bond acceptors (Lipinski definition) is 1. The molecule has 0 bridgehead atoms. The largest absolute Gasteiger partial charge is 0.366 e. The van der Waals surface area contributed by atoms with Crippen LogP contribution < -0.4 is 5.73 Å². The number of carbonyl (C=O) groups is 1. The topological polar surface area (TPSA) is 48.0 Å². The van der Waals surface area contributed by atoms with Gasteiger partial charge in [0, 0.05) is 33.4 Å². The van der Waals surface area contributed by atoms with Crippen molar-refractivity contribution in [2.75, 3.05) is 0 Å². The molecule has 3 nitrogen and oxygen atoms in total. The molecule has 0 unspecified atom stereocenters. The first-order valence-corrected chi connectivity index (χ1v) is 8.18. The molecule has 2 N–H and O–H groups in total. The molecule has 0 spiro atoms. The molecule has 0 saturated carbocycles. The molecule has 3 aromatic carbocycles. The number of amides is 1. The molecule has 0 aliphatic heterocycles. The number of benzene rings is 3. The van der Waals surface area contributed by atoms with Crippen LogP contribution in [0, 0.1) is 5.82 Å². The van der Waals surface area contributed by atoms with Gasteiger partial charge in [0.1, 0.15) is 5.82 Å². The second kappa shape index (κ2) is 5.90. The summed E-state index contributed by atoms with van der Waals surface area (Å²) < 4.78 is 15.9. The Labute approximate surface area is 148 Å². The zero-order valence-corrected chi connectivity index (χ0v) is 13.9. The molecule has 5 heteroatoms. The fraction of sp³-hybridized carbons (Fsp3) is 0.0500. The molecule has 0 saturated heterocycles. The van der Waals surface area contributed by atoms with E-state index in [9.17, 15) is 9.18 Å². The van der Waals surface area contributed by atoms with E-state index in [0.29, 0.717) is 27.9 Å². The van der Waals surface area contributed by atoms with E-state index in [4.69, 9.17) is 17.3 Å². The van der Waals surface area contributed by atoms with Gasteiger partial charge in [-0.25, -0.2) is 4.39 Å². The van der Waals surface area contributed by atoms with Crippen LogP contribution in [0.3, 0.4) is 0 Å². The lowest BCUT2D eigenvalue weighted by Gasteiger charge is -2.09. The minimum absolute atomic E-state index is 0.358. The molecule has 1 heterocycles. The molecule has 0 aliphatic rings. The van der Waals surface area contributed by atoms with Gasteiger partial charge in [0.25, 0.3) is 0 Å². The van der Waals surface area contributed by atoms with Gasteiger partial charge in [0.2, 0.25) is 5.91 Å². The molecule has 4 aromatic rings. The van der Waals surface area contributed by atoms with Crippen molar-refractivity contribution in [2.24, 2.45) is 5.73 Å². The van der Waals surface area contributed by atoms with Gasteiger partial charge in [-0.05, 0) is 42.0 Å². The molecule has 0 fully saturated rings. The fourth-order valence-electron chi connectivity index (χ4n) is 3.29. The quantitative estimate of drug-likeness (QED) is 0.569. The number of carbonyl (C=O) groups excluding carboxylic acids is 1. The van der Waals surface area contributed by atoms with Gasteiger partial charge >= 0.3 is 0 Å². The number of hydrogen-bond donors (Lipinski definition) is 1. The molecular formula is C20H14ClFN2O. The van der Waals surface area contributed by atoms with Crippen LogP contribution in [0.2, 0.25) is 5.02 Å². The van der Waals surface area contributed by atoms with Crippen LogP contribution in [0.15, 0.2) is 60.7 Å². The Morgan fingerprint density at radius 3 is 2.60 bits per heavy atom. The van der Waals surface area contributed by atoms with E-state index in [1.54, 1.807) is 18.2 Å². The Balaban J connectivity index is 2.08. The van der Waals surface area contributed by atoms with Gasteiger partial charge in [0.15, 0.2) is 0 Å². The summed E-state index contributed by atoms with van der Waals surface area (Å²) in [6.45, 7) is 0.507. The summed E-state index contributed by atoms with van der Waals surface area (Å²) in [4.78, 5) is 11.9. The zero-order chi connectivity index (χ0) is 17.6. The Bertz CT molecular complexity index is 1130. The van der Waals surface area contributed by atoms with Crippen LogP contribution >= 0.6 is 11.6 Å². The SMILES string of the molecule is NC(=O)c1cccc2c1c1cc(F)ccc1n2Cc1ccccc1Cl. The van der Waals surface area contributed by atoms with Crippen molar-refractivity contribution >= 4 is 39.3 Å². The fourth-order valence-corrected chi connectivity index (χ4v) is 3.49. The number of nitrogens with two attached hydrogens (primary N) is 1. The first kappa shape index (κ1) is 15.7. The highest BCUT2D eigenvalue weighted by atomic mass is 35.5. The number of rotatable bonds is 3. The van der Waals surface area contributed by atoms with Crippen molar-refractivity contribution in [3.8, 4) is 0 Å². The van der Waals surface area contributed by atoms with Crippen LogP contribution in [-0.2, 0) is 6.54 Å². The highest BCUT2D eigenvalue weighted by Gasteiger charge is 2.17. The van der Waals surface area contributed by atoms with E-state index in [1.807, 2.05) is 34.9 Å². The minimum atomic E-state index is -0.536. The van der Waals surface area contributed by atoms with Crippen molar-refractivity contribution in [1.29, 1.82) is 0 Å². The number of nitrogens with zero attached hydrogens (tertiary/aromatic N) is 1. The summed E-state index contributed by atoms with van der Waals surface area (Å²) in [7, 11) is 0. The summed E-state index contributed by atoms with van der Waals surface area (Å²) in [5, 5.41) is 1.98. The number of primary amides is 1. The molecule has 25 heavy (non-hydrogen) atoms. The average Bonchev–Trinajstić information content (AvgIpc) is 2.90. The van der Waals surface area contributed by atoms with Crippen LogP contribution in [0.4, 0.5) is 4.39 Å². The van der Waals surface area contributed by atoms with Crippen molar-refractivity contribution < 1.29 is 9.18 Å². The lowest BCUT2D eigenvalue weighted by molar-refractivity contribution is 0.100. The summed E-state index contributed by atoms with van der Waals surface area (Å²) in [5.41, 5.74) is 8.49. The normalized spacial score (nSPS) is 11.3. The highest BCUT2D eigenvalue weighted by Crippen LogP contribution is 2.33. The van der Waals surface area contributed by atoms with Gasteiger partial charge in [-0.15, -0.1) is 0 Å². The van der Waals surface area contributed by atoms with Crippen LogP contribution in [0.25, 0.3) is 21.8 Å². The van der Waals surface area contributed by atoms with Crippen molar-refractivity contribution in [3.05, 3.63) is 82.6 Å². The minimum Gasteiger partial charge on any atom is -0.366 e. The summed E-state index contributed by atoms with van der Waals surface area (Å²) in [6.07, 6.45) is 0. The van der Waals surface area contributed by atoms with Crippen LogP contribution in [0.1, 0.15) is 15.9 Å². The Morgan fingerprint density at radius 1 is 1.04 bits per heavy atom. The molecule has 0 radical (unpaired) electrons. The Morgan fingerprint density at radius 2 is 1.84 bits per heavy atom. The van der Waals surface area contributed by atoms with Crippen molar-refractivity contribution in [2.45, 2.75) is 6.54 Å². The maximum absolute atomic E-state index is 13.9. The van der Waals surface area contributed by atoms with Gasteiger partial charge in [-0.1, -0.05) is 35.9 Å². The molecule has 1 amide bonds. The maximum Gasteiger partial charge on any atom is 0.249 e. The third-order valence-electron chi connectivity index (χ3n) is 4.40. The second-order valence-corrected chi connectivity index (χ2v) is 6.31. The van der Waals surface area contributed by atoms with E-state index in [-0.39, 0.29) is 5.82 Å². The van der Waals surface area contributed by atoms with E-state index < -0.39 is 5.91 Å². The Kier molecular flexibility index (Phi) is 3.70. The van der Waals surface area contributed by atoms with Crippen molar-refractivity contribution in [1.82, 2.24) is 4.57 Å². The predicted molar refractivity (Wildman–Crippen MR) is 98.5 cm³/mol. The monoisotopic (exact) mass is 352 g/mol. The lowest BCUT2D eigenvalue weighted by Crippen LogP contribution is -2.11. The molecule has 0 aliphatic carbocycles. The molecule has 124 valence electrons. The molecule has 0 atom stereocenters. The smallest absolute Gasteiger partial charge is 0.249 e. The number of fused-ring (bicyclic) bond motifs is 3. The summed E-state index contributed by atoms with van der Waals surface area (Å²) >= 11 is 6.30. The standard InChI is InChI=1S/C20H14ClFN2O/c21-16-6-2-1-4-12(16)11-24-17-9-8-13(22)10-15(17)19-14(20(23)25)5-3-7-18(19)24/h1-10H,11H2,(H2,23,25). The molecule has 1 aromatic heterocycles. The third kappa shape index (κ3) is 2.55. The second-order valence-electron chi connectivity index (χ2n) is 5.90. The summed E-state index contributed by atoms with van der Waals surface area (Å²) in [6, 6.07) is 17.5. The van der Waals surface area contributed by atoms with Crippen LogP contribution in [-0.4, -0.2) is 10.5 Å². The van der Waals surface area contributed by atoms with Gasteiger partial charge < -0.3 is 10.3 Å². The number of halogens is 2.